The number of hydrogen-bond donors (Lipinski definition) is 2. The molecule has 2 N–H and O–H groups in total. The van der Waals surface area contributed by atoms with Crippen LogP contribution in [0.5, 0.6) is 0 Å². The van der Waals surface area contributed by atoms with E-state index in [-0.39, 0.29) is 12.1 Å². The molecule has 5 heteroatoms. The van der Waals surface area contributed by atoms with E-state index in [1.807, 2.05) is 54.4 Å². The number of amides is 2. The smallest absolute Gasteiger partial charge is 0.318 e. The van der Waals surface area contributed by atoms with Gasteiger partial charge in [0.1, 0.15) is 5.65 Å². The van der Waals surface area contributed by atoms with Gasteiger partial charge in [0.05, 0.1) is 6.04 Å². The number of H-pyrrole nitrogens is 1. The van der Waals surface area contributed by atoms with Gasteiger partial charge in [-0.1, -0.05) is 36.4 Å². The molecule has 1 aliphatic rings. The van der Waals surface area contributed by atoms with E-state index < -0.39 is 0 Å². The van der Waals surface area contributed by atoms with E-state index in [9.17, 15) is 4.79 Å². The van der Waals surface area contributed by atoms with Crippen LogP contribution in [0.25, 0.3) is 16.6 Å². The number of aromatic amines is 1. The molecule has 2 aromatic heterocycles. The van der Waals surface area contributed by atoms with Gasteiger partial charge in [0, 0.05) is 36.4 Å². The van der Waals surface area contributed by atoms with Crippen LogP contribution < -0.4 is 5.32 Å². The van der Waals surface area contributed by atoms with Gasteiger partial charge in [-0.15, -0.1) is 0 Å². The fourth-order valence-corrected chi connectivity index (χ4v) is 3.42. The second-order valence-corrected chi connectivity index (χ2v) is 6.61. The van der Waals surface area contributed by atoms with Gasteiger partial charge in [-0.05, 0) is 36.6 Å². The van der Waals surface area contributed by atoms with E-state index in [0.717, 1.165) is 23.0 Å². The summed E-state index contributed by atoms with van der Waals surface area (Å²) in [5.41, 5.74) is 4.47. The zero-order chi connectivity index (χ0) is 17.9. The number of carbonyl (C=O) groups is 1. The maximum absolute atomic E-state index is 12.6. The topological polar surface area (TPSA) is 61.0 Å². The van der Waals surface area contributed by atoms with E-state index in [1.54, 1.807) is 6.20 Å². The first-order valence-corrected chi connectivity index (χ1v) is 8.94. The SMILES string of the molecule is C[C@H](NC(=O)N1CC=C(c2c[nH]c3ncccc23)CC1)c1ccccc1. The van der Waals surface area contributed by atoms with Crippen molar-refractivity contribution in [3.05, 3.63) is 72.1 Å². The lowest BCUT2D eigenvalue weighted by Gasteiger charge is -2.28. The van der Waals surface area contributed by atoms with Gasteiger partial charge in [0.2, 0.25) is 0 Å². The van der Waals surface area contributed by atoms with E-state index in [4.69, 9.17) is 0 Å². The summed E-state index contributed by atoms with van der Waals surface area (Å²) in [6, 6.07) is 14.0. The highest BCUT2D eigenvalue weighted by Gasteiger charge is 2.20. The zero-order valence-corrected chi connectivity index (χ0v) is 14.8. The van der Waals surface area contributed by atoms with Gasteiger partial charge in [-0.2, -0.15) is 0 Å². The van der Waals surface area contributed by atoms with Crippen molar-refractivity contribution in [3.8, 4) is 0 Å². The Morgan fingerprint density at radius 2 is 2.08 bits per heavy atom. The van der Waals surface area contributed by atoms with E-state index in [2.05, 4.69) is 27.4 Å². The number of urea groups is 1. The monoisotopic (exact) mass is 346 g/mol. The largest absolute Gasteiger partial charge is 0.346 e. The van der Waals surface area contributed by atoms with Gasteiger partial charge >= 0.3 is 6.03 Å². The summed E-state index contributed by atoms with van der Waals surface area (Å²) >= 11 is 0. The summed E-state index contributed by atoms with van der Waals surface area (Å²) in [5.74, 6) is 0. The van der Waals surface area contributed by atoms with E-state index in [0.29, 0.717) is 13.1 Å². The summed E-state index contributed by atoms with van der Waals surface area (Å²) < 4.78 is 0. The maximum Gasteiger partial charge on any atom is 0.318 e. The van der Waals surface area contributed by atoms with E-state index in [1.165, 1.54) is 11.1 Å². The normalized spacial score (nSPS) is 15.6. The number of pyridine rings is 1. The van der Waals surface area contributed by atoms with Crippen LogP contribution in [0.4, 0.5) is 4.79 Å². The summed E-state index contributed by atoms with van der Waals surface area (Å²) in [7, 11) is 0. The second-order valence-electron chi connectivity index (χ2n) is 6.61. The summed E-state index contributed by atoms with van der Waals surface area (Å²) in [4.78, 5) is 22.0. The highest BCUT2D eigenvalue weighted by atomic mass is 16.2. The van der Waals surface area contributed by atoms with Crippen molar-refractivity contribution < 1.29 is 4.79 Å². The molecule has 1 aromatic carbocycles. The molecule has 0 fully saturated rings. The summed E-state index contributed by atoms with van der Waals surface area (Å²) in [5, 5.41) is 4.22. The molecule has 26 heavy (non-hydrogen) atoms. The van der Waals surface area contributed by atoms with Crippen molar-refractivity contribution >= 4 is 22.6 Å². The number of hydrogen-bond acceptors (Lipinski definition) is 2. The Kier molecular flexibility index (Phi) is 4.44. The van der Waals surface area contributed by atoms with Crippen LogP contribution >= 0.6 is 0 Å². The number of nitrogens with one attached hydrogen (secondary N) is 2. The molecule has 0 saturated carbocycles. The molecule has 1 aliphatic heterocycles. The Labute approximate surface area is 152 Å². The zero-order valence-electron chi connectivity index (χ0n) is 14.8. The Hall–Kier alpha value is -3.08. The number of aromatic nitrogens is 2. The first-order valence-electron chi connectivity index (χ1n) is 8.94. The van der Waals surface area contributed by atoms with Crippen molar-refractivity contribution in [1.82, 2.24) is 20.2 Å². The van der Waals surface area contributed by atoms with Crippen molar-refractivity contribution in [2.24, 2.45) is 0 Å². The molecule has 0 spiro atoms. The van der Waals surface area contributed by atoms with Crippen LogP contribution in [0.3, 0.4) is 0 Å². The molecule has 0 saturated heterocycles. The fraction of sp³-hybridized carbons (Fsp3) is 0.238. The number of benzene rings is 1. The third kappa shape index (κ3) is 3.20. The van der Waals surface area contributed by atoms with Gasteiger partial charge in [0.15, 0.2) is 0 Å². The van der Waals surface area contributed by atoms with Crippen molar-refractivity contribution in [1.29, 1.82) is 0 Å². The lowest BCUT2D eigenvalue weighted by Crippen LogP contribution is -2.43. The van der Waals surface area contributed by atoms with Gasteiger partial charge in [-0.3, -0.25) is 0 Å². The number of nitrogens with zero attached hydrogens (tertiary/aromatic N) is 2. The van der Waals surface area contributed by atoms with Crippen LogP contribution in [0, 0.1) is 0 Å². The van der Waals surface area contributed by atoms with Crippen LogP contribution in [-0.2, 0) is 0 Å². The molecule has 0 radical (unpaired) electrons. The number of fused-ring (bicyclic) bond motifs is 1. The first kappa shape index (κ1) is 16.4. The minimum atomic E-state index is -0.0164. The predicted octanol–water partition coefficient (Wildman–Crippen LogP) is 4.12. The fourth-order valence-electron chi connectivity index (χ4n) is 3.42. The standard InChI is InChI=1S/C21H22N4O/c1-15(16-6-3-2-4-7-16)24-21(26)25-12-9-17(10-13-25)19-14-23-20-18(19)8-5-11-22-20/h2-9,11,14-15H,10,12-13H2,1H3,(H,22,23)(H,24,26)/t15-/m0/s1. The average molecular weight is 346 g/mol. The lowest BCUT2D eigenvalue weighted by molar-refractivity contribution is 0.200. The Bertz CT molecular complexity index is 945. The van der Waals surface area contributed by atoms with Gasteiger partial charge in [0.25, 0.3) is 0 Å². The molecule has 2 amide bonds. The molecule has 3 aromatic rings. The summed E-state index contributed by atoms with van der Waals surface area (Å²) in [6.07, 6.45) is 6.79. The highest BCUT2D eigenvalue weighted by molar-refractivity contribution is 5.91. The van der Waals surface area contributed by atoms with Crippen molar-refractivity contribution in [2.75, 3.05) is 13.1 Å². The molecule has 0 aliphatic carbocycles. The molecule has 0 unspecified atom stereocenters. The molecule has 1 atom stereocenters. The van der Waals surface area contributed by atoms with Crippen LogP contribution in [0.1, 0.15) is 30.5 Å². The molecule has 3 heterocycles. The quantitative estimate of drug-likeness (QED) is 0.749. The molecule has 0 bridgehead atoms. The second kappa shape index (κ2) is 7.04. The van der Waals surface area contributed by atoms with Crippen LogP contribution in [-0.4, -0.2) is 34.0 Å². The Morgan fingerprint density at radius 3 is 2.85 bits per heavy atom. The number of rotatable bonds is 3. The van der Waals surface area contributed by atoms with Crippen LogP contribution in [0.2, 0.25) is 0 Å². The molecule has 132 valence electrons. The maximum atomic E-state index is 12.6. The van der Waals surface area contributed by atoms with E-state index >= 15 is 0 Å². The first-order chi connectivity index (χ1) is 12.7. The molecule has 4 rings (SSSR count). The van der Waals surface area contributed by atoms with Crippen molar-refractivity contribution in [2.45, 2.75) is 19.4 Å². The predicted molar refractivity (Wildman–Crippen MR) is 104 cm³/mol. The molecular weight excluding hydrogens is 324 g/mol. The Morgan fingerprint density at radius 1 is 1.23 bits per heavy atom. The highest BCUT2D eigenvalue weighted by Crippen LogP contribution is 2.28. The third-order valence-electron chi connectivity index (χ3n) is 4.93. The Balaban J connectivity index is 1.43. The molecular formula is C21H22N4O. The minimum absolute atomic E-state index is 0.00577. The van der Waals surface area contributed by atoms with Crippen molar-refractivity contribution in [3.63, 3.8) is 0 Å². The third-order valence-corrected chi connectivity index (χ3v) is 4.93. The minimum Gasteiger partial charge on any atom is -0.346 e. The lowest BCUT2D eigenvalue weighted by atomic mass is 10.00. The van der Waals surface area contributed by atoms with Gasteiger partial charge in [-0.25, -0.2) is 9.78 Å². The van der Waals surface area contributed by atoms with Crippen LogP contribution in [0.15, 0.2) is 60.9 Å². The summed E-state index contributed by atoms with van der Waals surface area (Å²) in [6.45, 7) is 3.35. The van der Waals surface area contributed by atoms with Gasteiger partial charge < -0.3 is 15.2 Å². The number of carbonyl (C=O) groups excluding carboxylic acids is 1. The molecule has 5 nitrogen and oxygen atoms in total. The average Bonchev–Trinajstić information content (AvgIpc) is 3.13.